The van der Waals surface area contributed by atoms with Gasteiger partial charge in [-0.2, -0.15) is 4.98 Å². The zero-order valence-electron chi connectivity index (χ0n) is 17.8. The van der Waals surface area contributed by atoms with E-state index in [0.29, 0.717) is 5.75 Å². The Balaban J connectivity index is 1.95. The molecule has 4 rings (SSSR count). The van der Waals surface area contributed by atoms with Crippen LogP contribution in [0.1, 0.15) is 17.5 Å². The number of aryl methyl sites for hydroxylation is 2. The molecule has 0 spiro atoms. The van der Waals surface area contributed by atoms with Gasteiger partial charge >= 0.3 is 11.7 Å². The van der Waals surface area contributed by atoms with Gasteiger partial charge in [-0.1, -0.05) is 30.3 Å². The molecule has 0 fully saturated rings. The Morgan fingerprint density at radius 3 is 2.47 bits per heavy atom. The smallest absolute Gasteiger partial charge is 0.332 e. The Bertz CT molecular complexity index is 1390. The number of hydrogen-bond acceptors (Lipinski definition) is 5. The maximum absolute atomic E-state index is 13.4. The number of para-hydroxylation sites is 1. The first-order valence-electron chi connectivity index (χ1n) is 10.2. The molecule has 0 bridgehead atoms. The molecule has 0 unspecified atom stereocenters. The Hall–Kier alpha value is -3.72. The lowest BCUT2D eigenvalue weighted by Crippen LogP contribution is -2.39. The molecule has 2 aromatic heterocycles. The van der Waals surface area contributed by atoms with E-state index in [1.54, 1.807) is 22.8 Å². The van der Waals surface area contributed by atoms with E-state index in [2.05, 4.69) is 4.98 Å². The molecule has 0 aliphatic rings. The van der Waals surface area contributed by atoms with Crippen molar-refractivity contribution in [2.75, 3.05) is 6.61 Å². The number of rotatable bonds is 7. The quantitative estimate of drug-likeness (QED) is 0.479. The fourth-order valence-corrected chi connectivity index (χ4v) is 3.54. The average molecular weight is 438 g/mol. The SMILES string of the molecule is Cc1ccccc1Oc1nc2c(c(=O)n(CCCO)c(=O)n2C)n1Cc1ccc(F)cc1. The second-order valence-electron chi connectivity index (χ2n) is 7.52. The summed E-state index contributed by atoms with van der Waals surface area (Å²) in [7, 11) is 1.53. The van der Waals surface area contributed by atoms with Gasteiger partial charge in [0.2, 0.25) is 0 Å². The molecule has 2 aromatic carbocycles. The van der Waals surface area contributed by atoms with Crippen LogP contribution in [-0.4, -0.2) is 30.4 Å². The van der Waals surface area contributed by atoms with E-state index in [1.807, 2.05) is 25.1 Å². The first-order valence-corrected chi connectivity index (χ1v) is 10.2. The molecule has 8 nitrogen and oxygen atoms in total. The van der Waals surface area contributed by atoms with Crippen LogP contribution in [0.15, 0.2) is 58.1 Å². The summed E-state index contributed by atoms with van der Waals surface area (Å²) in [5, 5.41) is 9.17. The summed E-state index contributed by atoms with van der Waals surface area (Å²) < 4.78 is 23.4. The molecule has 0 atom stereocenters. The third-order valence-corrected chi connectivity index (χ3v) is 5.29. The normalized spacial score (nSPS) is 11.2. The third kappa shape index (κ3) is 3.94. The zero-order valence-corrected chi connectivity index (χ0v) is 17.8. The topological polar surface area (TPSA) is 91.3 Å². The summed E-state index contributed by atoms with van der Waals surface area (Å²) in [5.41, 5.74) is 0.942. The minimum Gasteiger partial charge on any atom is -0.425 e. The first kappa shape index (κ1) is 21.5. The maximum Gasteiger partial charge on any atom is 0.332 e. The first-order chi connectivity index (χ1) is 15.4. The van der Waals surface area contributed by atoms with Gasteiger partial charge in [-0.15, -0.1) is 0 Å². The standard InChI is InChI=1S/C23H23FN4O4/c1-15-6-3-4-7-18(15)32-22-25-20-19(28(22)14-16-8-10-17(24)11-9-16)21(30)27(12-5-13-29)23(31)26(20)2/h3-4,6-11,29H,5,12-14H2,1-2H3. The fourth-order valence-electron chi connectivity index (χ4n) is 3.54. The van der Waals surface area contributed by atoms with Crippen LogP contribution in [0, 0.1) is 12.7 Å². The Labute approximate surface area is 182 Å². The number of fused-ring (bicyclic) bond motifs is 1. The largest absolute Gasteiger partial charge is 0.425 e. The van der Waals surface area contributed by atoms with Crippen molar-refractivity contribution >= 4 is 11.2 Å². The van der Waals surface area contributed by atoms with Gasteiger partial charge < -0.3 is 9.84 Å². The van der Waals surface area contributed by atoms with Gasteiger partial charge in [0.15, 0.2) is 11.2 Å². The number of benzene rings is 2. The molecule has 0 saturated heterocycles. The predicted octanol–water partition coefficient (Wildman–Crippen LogP) is 2.57. The van der Waals surface area contributed by atoms with Gasteiger partial charge in [-0.05, 0) is 42.7 Å². The van der Waals surface area contributed by atoms with Crippen LogP contribution in [0.4, 0.5) is 4.39 Å². The van der Waals surface area contributed by atoms with E-state index in [-0.39, 0.29) is 49.1 Å². The summed E-state index contributed by atoms with van der Waals surface area (Å²) in [6.07, 6.45) is 0.263. The van der Waals surface area contributed by atoms with Crippen molar-refractivity contribution in [2.24, 2.45) is 7.05 Å². The molecule has 32 heavy (non-hydrogen) atoms. The highest BCUT2D eigenvalue weighted by atomic mass is 19.1. The molecule has 9 heteroatoms. The van der Waals surface area contributed by atoms with Crippen LogP contribution in [0.3, 0.4) is 0 Å². The number of ether oxygens (including phenoxy) is 1. The van der Waals surface area contributed by atoms with E-state index < -0.39 is 11.2 Å². The monoisotopic (exact) mass is 438 g/mol. The molecular formula is C23H23FN4O4. The third-order valence-electron chi connectivity index (χ3n) is 5.29. The van der Waals surface area contributed by atoms with Crippen molar-refractivity contribution < 1.29 is 14.2 Å². The minimum atomic E-state index is -0.523. The number of aliphatic hydroxyl groups is 1. The fraction of sp³-hybridized carbons (Fsp3) is 0.261. The van der Waals surface area contributed by atoms with Crippen molar-refractivity contribution in [2.45, 2.75) is 26.4 Å². The summed E-state index contributed by atoms with van der Waals surface area (Å²) in [6, 6.07) is 13.4. The van der Waals surface area contributed by atoms with Gasteiger partial charge in [0.1, 0.15) is 11.6 Å². The Morgan fingerprint density at radius 2 is 1.78 bits per heavy atom. The maximum atomic E-state index is 13.4. The summed E-state index contributed by atoms with van der Waals surface area (Å²) in [5.74, 6) is 0.197. The van der Waals surface area contributed by atoms with Crippen LogP contribution < -0.4 is 16.0 Å². The van der Waals surface area contributed by atoms with Crippen molar-refractivity contribution in [3.8, 4) is 11.8 Å². The van der Waals surface area contributed by atoms with Gasteiger partial charge in [0.05, 0.1) is 6.54 Å². The van der Waals surface area contributed by atoms with Gasteiger partial charge in [0, 0.05) is 20.2 Å². The lowest BCUT2D eigenvalue weighted by Gasteiger charge is -2.12. The van der Waals surface area contributed by atoms with Crippen LogP contribution in [-0.2, 0) is 20.1 Å². The van der Waals surface area contributed by atoms with Crippen LogP contribution in [0.2, 0.25) is 0 Å². The summed E-state index contributed by atoms with van der Waals surface area (Å²) in [4.78, 5) is 30.5. The van der Waals surface area contributed by atoms with Gasteiger partial charge in [-0.3, -0.25) is 18.5 Å². The molecule has 4 aromatic rings. The molecule has 0 aliphatic heterocycles. The van der Waals surface area contributed by atoms with Crippen LogP contribution >= 0.6 is 0 Å². The summed E-state index contributed by atoms with van der Waals surface area (Å²) in [6.45, 7) is 2.00. The van der Waals surface area contributed by atoms with E-state index in [0.717, 1.165) is 15.7 Å². The second kappa shape index (κ2) is 8.80. The van der Waals surface area contributed by atoms with Crippen molar-refractivity contribution in [3.05, 3.63) is 86.3 Å². The lowest BCUT2D eigenvalue weighted by atomic mass is 10.2. The van der Waals surface area contributed by atoms with Crippen molar-refractivity contribution in [1.29, 1.82) is 0 Å². The average Bonchev–Trinajstić information content (AvgIpc) is 3.13. The molecule has 0 aliphatic carbocycles. The zero-order chi connectivity index (χ0) is 22.8. The number of imidazole rings is 1. The second-order valence-corrected chi connectivity index (χ2v) is 7.52. The predicted molar refractivity (Wildman–Crippen MR) is 118 cm³/mol. The van der Waals surface area contributed by atoms with E-state index in [1.165, 1.54) is 23.7 Å². The van der Waals surface area contributed by atoms with E-state index in [9.17, 15) is 14.0 Å². The molecular weight excluding hydrogens is 415 g/mol. The van der Waals surface area contributed by atoms with Crippen LogP contribution in [0.25, 0.3) is 11.2 Å². The molecule has 0 amide bonds. The molecule has 0 saturated carbocycles. The van der Waals surface area contributed by atoms with E-state index >= 15 is 0 Å². The molecule has 2 heterocycles. The molecule has 1 N–H and O–H groups in total. The van der Waals surface area contributed by atoms with E-state index in [4.69, 9.17) is 9.84 Å². The number of aromatic nitrogens is 4. The Kier molecular flexibility index (Phi) is 5.91. The number of hydrogen-bond donors (Lipinski definition) is 1. The number of nitrogens with zero attached hydrogens (tertiary/aromatic N) is 4. The van der Waals surface area contributed by atoms with Crippen molar-refractivity contribution in [1.82, 2.24) is 18.7 Å². The lowest BCUT2D eigenvalue weighted by molar-refractivity contribution is 0.277. The highest BCUT2D eigenvalue weighted by Crippen LogP contribution is 2.27. The van der Waals surface area contributed by atoms with Crippen LogP contribution in [0.5, 0.6) is 11.8 Å². The highest BCUT2D eigenvalue weighted by Gasteiger charge is 2.22. The minimum absolute atomic E-state index is 0.0770. The number of aliphatic hydroxyl groups excluding tert-OH is 1. The molecule has 0 radical (unpaired) electrons. The van der Waals surface area contributed by atoms with Gasteiger partial charge in [-0.25, -0.2) is 9.18 Å². The Morgan fingerprint density at radius 1 is 1.06 bits per heavy atom. The van der Waals surface area contributed by atoms with Gasteiger partial charge in [0.25, 0.3) is 5.56 Å². The summed E-state index contributed by atoms with van der Waals surface area (Å²) >= 11 is 0. The number of halogens is 1. The molecule has 166 valence electrons. The van der Waals surface area contributed by atoms with Crippen molar-refractivity contribution in [3.63, 3.8) is 0 Å². The highest BCUT2D eigenvalue weighted by molar-refractivity contribution is 5.72.